The Labute approximate surface area is 125 Å². The number of piperazine rings is 1. The van der Waals surface area contributed by atoms with Crippen LogP contribution in [0.4, 0.5) is 10.1 Å². The Bertz CT molecular complexity index is 569. The molecule has 0 saturated carbocycles. The zero-order valence-electron chi connectivity index (χ0n) is 11.5. The van der Waals surface area contributed by atoms with E-state index in [-0.39, 0.29) is 28.2 Å². The van der Waals surface area contributed by atoms with Crippen LogP contribution in [-0.2, 0) is 9.59 Å². The van der Waals surface area contributed by atoms with Gasteiger partial charge < -0.3 is 10.2 Å². The van der Waals surface area contributed by atoms with Crippen LogP contribution in [0.2, 0.25) is 0 Å². The summed E-state index contributed by atoms with van der Waals surface area (Å²) >= 11 is 3.09. The minimum atomic E-state index is -0.590. The fraction of sp³-hybridized carbons (Fsp3) is 0.429. The van der Waals surface area contributed by atoms with Crippen LogP contribution >= 0.6 is 15.9 Å². The fourth-order valence-corrected chi connectivity index (χ4v) is 2.47. The molecule has 2 amide bonds. The van der Waals surface area contributed by atoms with Crippen molar-refractivity contribution in [1.29, 1.82) is 0 Å². The lowest BCUT2D eigenvalue weighted by Gasteiger charge is -2.38. The molecule has 0 radical (unpaired) electrons. The average Bonchev–Trinajstić information content (AvgIpc) is 2.34. The lowest BCUT2D eigenvalue weighted by molar-refractivity contribution is -0.133. The van der Waals surface area contributed by atoms with Gasteiger partial charge in [0.25, 0.3) is 5.91 Å². The third-order valence-corrected chi connectivity index (χ3v) is 3.81. The van der Waals surface area contributed by atoms with Gasteiger partial charge in [-0.25, -0.2) is 4.39 Å². The highest BCUT2D eigenvalue weighted by molar-refractivity contribution is 9.10. The van der Waals surface area contributed by atoms with Crippen LogP contribution in [0.5, 0.6) is 0 Å². The van der Waals surface area contributed by atoms with E-state index in [4.69, 9.17) is 0 Å². The summed E-state index contributed by atoms with van der Waals surface area (Å²) < 4.78 is 13.5. The summed E-state index contributed by atoms with van der Waals surface area (Å²) in [6.07, 6.45) is 0. The summed E-state index contributed by atoms with van der Waals surface area (Å²) in [5.41, 5.74) is 0.121. The summed E-state index contributed by atoms with van der Waals surface area (Å²) in [4.78, 5) is 25.7. The van der Waals surface area contributed by atoms with Gasteiger partial charge in [0.15, 0.2) is 0 Å². The first-order valence-corrected chi connectivity index (χ1v) is 7.05. The van der Waals surface area contributed by atoms with Crippen LogP contribution < -0.4 is 10.2 Å². The fourth-order valence-electron chi connectivity index (χ4n) is 2.10. The molecule has 0 aliphatic carbocycles. The van der Waals surface area contributed by atoms with Crippen LogP contribution in [0, 0.1) is 11.2 Å². The van der Waals surface area contributed by atoms with Crippen molar-refractivity contribution in [1.82, 2.24) is 5.32 Å². The van der Waals surface area contributed by atoms with Crippen molar-refractivity contribution in [3.05, 3.63) is 28.5 Å². The number of carbonyl (C=O) groups is 2. The Balaban J connectivity index is 2.37. The molecular formula is C14H16BrFN2O2. The molecule has 0 bridgehead atoms. The Morgan fingerprint density at radius 3 is 2.55 bits per heavy atom. The highest BCUT2D eigenvalue weighted by Gasteiger charge is 2.40. The summed E-state index contributed by atoms with van der Waals surface area (Å²) in [6, 6.07) is 3.68. The van der Waals surface area contributed by atoms with E-state index in [1.807, 2.05) is 20.8 Å². The van der Waals surface area contributed by atoms with Gasteiger partial charge in [0, 0.05) is 5.69 Å². The topological polar surface area (TPSA) is 49.4 Å². The maximum atomic E-state index is 13.3. The minimum Gasteiger partial charge on any atom is -0.342 e. The van der Waals surface area contributed by atoms with Gasteiger partial charge in [-0.2, -0.15) is 0 Å². The molecule has 1 heterocycles. The van der Waals surface area contributed by atoms with Gasteiger partial charge in [0.2, 0.25) is 5.91 Å². The number of halogens is 2. The van der Waals surface area contributed by atoms with Crippen LogP contribution in [0.15, 0.2) is 22.7 Å². The first kappa shape index (κ1) is 15.0. The van der Waals surface area contributed by atoms with E-state index in [0.717, 1.165) is 0 Å². The van der Waals surface area contributed by atoms with Gasteiger partial charge in [-0.15, -0.1) is 0 Å². The second kappa shape index (κ2) is 5.16. The quantitative estimate of drug-likeness (QED) is 0.852. The SMILES string of the molecule is CC(C)(C)C1NC(=O)CN(c2ccc(F)c(Br)c2)C1=O. The first-order valence-electron chi connectivity index (χ1n) is 6.26. The molecule has 1 fully saturated rings. The molecule has 1 aromatic rings. The van der Waals surface area contributed by atoms with E-state index in [9.17, 15) is 14.0 Å². The van der Waals surface area contributed by atoms with Crippen molar-refractivity contribution in [2.45, 2.75) is 26.8 Å². The van der Waals surface area contributed by atoms with E-state index >= 15 is 0 Å². The molecule has 6 heteroatoms. The Hall–Kier alpha value is -1.43. The van der Waals surface area contributed by atoms with Crippen LogP contribution in [0.1, 0.15) is 20.8 Å². The van der Waals surface area contributed by atoms with Gasteiger partial charge >= 0.3 is 0 Å². The number of nitrogens with one attached hydrogen (secondary N) is 1. The maximum Gasteiger partial charge on any atom is 0.250 e. The van der Waals surface area contributed by atoms with E-state index in [1.54, 1.807) is 0 Å². The molecule has 1 aliphatic rings. The van der Waals surface area contributed by atoms with Crippen LogP contribution in [0.3, 0.4) is 0 Å². The van der Waals surface area contributed by atoms with Gasteiger partial charge in [-0.3, -0.25) is 9.59 Å². The summed E-state index contributed by atoms with van der Waals surface area (Å²) in [5.74, 6) is -0.810. The second-order valence-corrected chi connectivity index (χ2v) is 6.74. The van der Waals surface area contributed by atoms with E-state index in [1.165, 1.54) is 23.1 Å². The van der Waals surface area contributed by atoms with Crippen molar-refractivity contribution >= 4 is 33.4 Å². The van der Waals surface area contributed by atoms with E-state index in [2.05, 4.69) is 21.2 Å². The first-order chi connectivity index (χ1) is 9.20. The highest BCUT2D eigenvalue weighted by Crippen LogP contribution is 2.28. The predicted octanol–water partition coefficient (Wildman–Crippen LogP) is 2.47. The molecule has 1 N–H and O–H groups in total. The predicted molar refractivity (Wildman–Crippen MR) is 77.8 cm³/mol. The molecule has 1 unspecified atom stereocenters. The van der Waals surface area contributed by atoms with Crippen LogP contribution in [-0.4, -0.2) is 24.4 Å². The summed E-state index contributed by atoms with van der Waals surface area (Å²) in [7, 11) is 0. The lowest BCUT2D eigenvalue weighted by atomic mass is 9.84. The maximum absolute atomic E-state index is 13.3. The Morgan fingerprint density at radius 1 is 1.35 bits per heavy atom. The third kappa shape index (κ3) is 2.85. The number of hydrogen-bond donors (Lipinski definition) is 1. The van der Waals surface area contributed by atoms with Gasteiger partial charge in [0.05, 0.1) is 4.47 Å². The van der Waals surface area contributed by atoms with Crippen molar-refractivity contribution in [2.24, 2.45) is 5.41 Å². The number of carbonyl (C=O) groups excluding carboxylic acids is 2. The minimum absolute atomic E-state index is 0.0521. The molecule has 0 aromatic heterocycles. The van der Waals surface area contributed by atoms with Crippen molar-refractivity contribution in [3.63, 3.8) is 0 Å². The Morgan fingerprint density at radius 2 is 2.00 bits per heavy atom. The number of benzene rings is 1. The highest BCUT2D eigenvalue weighted by atomic mass is 79.9. The number of nitrogens with zero attached hydrogens (tertiary/aromatic N) is 1. The van der Waals surface area contributed by atoms with Crippen molar-refractivity contribution < 1.29 is 14.0 Å². The van der Waals surface area contributed by atoms with Crippen molar-refractivity contribution in [2.75, 3.05) is 11.4 Å². The van der Waals surface area contributed by atoms with E-state index in [0.29, 0.717) is 5.69 Å². The van der Waals surface area contributed by atoms with Gasteiger partial charge in [-0.1, -0.05) is 20.8 Å². The molecule has 1 aromatic carbocycles. The smallest absolute Gasteiger partial charge is 0.250 e. The molecule has 4 nitrogen and oxygen atoms in total. The van der Waals surface area contributed by atoms with Gasteiger partial charge in [0.1, 0.15) is 18.4 Å². The molecule has 1 aliphatic heterocycles. The molecule has 1 saturated heterocycles. The molecule has 108 valence electrons. The normalized spacial score (nSPS) is 20.1. The Kier molecular flexibility index (Phi) is 3.86. The number of rotatable bonds is 1. The van der Waals surface area contributed by atoms with Gasteiger partial charge in [-0.05, 0) is 39.5 Å². The van der Waals surface area contributed by atoms with Crippen LogP contribution in [0.25, 0.3) is 0 Å². The molecular weight excluding hydrogens is 327 g/mol. The number of hydrogen-bond acceptors (Lipinski definition) is 2. The zero-order chi connectivity index (χ0) is 15.1. The lowest BCUT2D eigenvalue weighted by Crippen LogP contribution is -2.62. The molecule has 2 rings (SSSR count). The standard InChI is InChI=1S/C14H16BrFN2O2/c1-14(2,3)12-13(20)18(7-11(19)17-12)8-4-5-10(16)9(15)6-8/h4-6,12H,7H2,1-3H3,(H,17,19). The number of amides is 2. The second-order valence-electron chi connectivity index (χ2n) is 5.89. The van der Waals surface area contributed by atoms with Crippen molar-refractivity contribution in [3.8, 4) is 0 Å². The molecule has 1 atom stereocenters. The van der Waals surface area contributed by atoms with E-state index < -0.39 is 11.9 Å². The monoisotopic (exact) mass is 342 g/mol. The summed E-state index contributed by atoms with van der Waals surface area (Å²) in [6.45, 7) is 5.61. The molecule has 20 heavy (non-hydrogen) atoms. The zero-order valence-corrected chi connectivity index (χ0v) is 13.1. The largest absolute Gasteiger partial charge is 0.342 e. The average molecular weight is 343 g/mol. The summed E-state index contributed by atoms with van der Waals surface area (Å²) in [5, 5.41) is 2.72. The third-order valence-electron chi connectivity index (χ3n) is 3.20. The number of anilines is 1. The molecule has 0 spiro atoms.